The fraction of sp³-hybridized carbons (Fsp3) is 0.750. The van der Waals surface area contributed by atoms with Crippen LogP contribution in [-0.4, -0.2) is 25.0 Å². The van der Waals surface area contributed by atoms with Crippen molar-refractivity contribution in [2.24, 2.45) is 5.92 Å². The number of carbonyl (C=O) groups is 1. The second-order valence-electron chi connectivity index (χ2n) is 4.23. The number of amides is 1. The van der Waals surface area contributed by atoms with Crippen LogP contribution < -0.4 is 10.6 Å². The molecule has 84 valence electrons. The minimum Gasteiger partial charge on any atom is -0.355 e. The van der Waals surface area contributed by atoms with Gasteiger partial charge in [0, 0.05) is 13.0 Å². The van der Waals surface area contributed by atoms with Gasteiger partial charge in [-0.2, -0.15) is 0 Å². The van der Waals surface area contributed by atoms with Crippen LogP contribution in [0.2, 0.25) is 0 Å². The molecule has 1 fully saturated rings. The van der Waals surface area contributed by atoms with Gasteiger partial charge in [-0.15, -0.1) is 12.3 Å². The predicted molar refractivity (Wildman–Crippen MR) is 61.3 cm³/mol. The van der Waals surface area contributed by atoms with Gasteiger partial charge in [0.25, 0.3) is 0 Å². The zero-order valence-electron chi connectivity index (χ0n) is 9.38. The third-order valence-corrected chi connectivity index (χ3v) is 2.78. The lowest BCUT2D eigenvalue weighted by atomic mass is 9.94. The second kappa shape index (κ2) is 6.47. The van der Waals surface area contributed by atoms with Crippen LogP contribution in [0.15, 0.2) is 0 Å². The Morgan fingerprint density at radius 2 is 2.47 bits per heavy atom. The first-order chi connectivity index (χ1) is 7.24. The van der Waals surface area contributed by atoms with Crippen molar-refractivity contribution < 1.29 is 4.79 Å². The average Bonchev–Trinajstić information content (AvgIpc) is 2.24. The van der Waals surface area contributed by atoms with E-state index in [1.165, 1.54) is 6.42 Å². The Bertz CT molecular complexity index is 244. The molecule has 1 heterocycles. The van der Waals surface area contributed by atoms with Crippen molar-refractivity contribution in [2.45, 2.75) is 38.6 Å². The lowest BCUT2D eigenvalue weighted by Crippen LogP contribution is -2.48. The van der Waals surface area contributed by atoms with Gasteiger partial charge in [-0.05, 0) is 31.7 Å². The van der Waals surface area contributed by atoms with Gasteiger partial charge in [-0.1, -0.05) is 6.92 Å². The molecular formula is C12H20N2O. The van der Waals surface area contributed by atoms with Crippen molar-refractivity contribution in [3.8, 4) is 12.3 Å². The maximum absolute atomic E-state index is 11.7. The number of hydrogen-bond donors (Lipinski definition) is 2. The highest BCUT2D eigenvalue weighted by Crippen LogP contribution is 2.14. The van der Waals surface area contributed by atoms with Gasteiger partial charge in [0.15, 0.2) is 0 Å². The Morgan fingerprint density at radius 1 is 1.67 bits per heavy atom. The first-order valence-electron chi connectivity index (χ1n) is 5.68. The highest BCUT2D eigenvalue weighted by molar-refractivity contribution is 5.81. The van der Waals surface area contributed by atoms with E-state index >= 15 is 0 Å². The van der Waals surface area contributed by atoms with Gasteiger partial charge in [-0.25, -0.2) is 0 Å². The molecule has 1 rings (SSSR count). The number of hydrogen-bond acceptors (Lipinski definition) is 2. The van der Waals surface area contributed by atoms with Crippen LogP contribution in [0.25, 0.3) is 0 Å². The lowest BCUT2D eigenvalue weighted by Gasteiger charge is -2.27. The van der Waals surface area contributed by atoms with Gasteiger partial charge in [-0.3, -0.25) is 4.79 Å². The Morgan fingerprint density at radius 3 is 3.13 bits per heavy atom. The standard InChI is InChI=1S/C12H20N2O/c1-3-4-5-7-14-12(15)11-9-10(2)6-8-13-11/h1,10-11,13H,4-9H2,2H3,(H,14,15). The number of carbonyl (C=O) groups excluding carboxylic acids is 1. The fourth-order valence-corrected chi connectivity index (χ4v) is 1.83. The highest BCUT2D eigenvalue weighted by Gasteiger charge is 2.23. The normalized spacial score (nSPS) is 25.6. The molecule has 0 radical (unpaired) electrons. The molecule has 0 aliphatic carbocycles. The van der Waals surface area contributed by atoms with Crippen LogP contribution in [0.1, 0.15) is 32.6 Å². The molecule has 3 nitrogen and oxygen atoms in total. The zero-order chi connectivity index (χ0) is 11.1. The van der Waals surface area contributed by atoms with Crippen LogP contribution in [0, 0.1) is 18.3 Å². The first kappa shape index (κ1) is 12.1. The molecule has 1 amide bonds. The Balaban J connectivity index is 2.18. The molecule has 0 saturated carbocycles. The summed E-state index contributed by atoms with van der Waals surface area (Å²) >= 11 is 0. The van der Waals surface area contributed by atoms with Crippen LogP contribution >= 0.6 is 0 Å². The zero-order valence-corrected chi connectivity index (χ0v) is 9.38. The topological polar surface area (TPSA) is 41.1 Å². The molecular weight excluding hydrogens is 188 g/mol. The van der Waals surface area contributed by atoms with E-state index in [2.05, 4.69) is 23.5 Å². The molecule has 0 aromatic heterocycles. The predicted octanol–water partition coefficient (Wildman–Crippen LogP) is 0.904. The molecule has 2 unspecified atom stereocenters. The van der Waals surface area contributed by atoms with E-state index in [0.717, 1.165) is 25.8 Å². The fourth-order valence-electron chi connectivity index (χ4n) is 1.83. The molecule has 15 heavy (non-hydrogen) atoms. The molecule has 0 aromatic rings. The SMILES string of the molecule is C#CCCCNC(=O)C1CC(C)CCN1. The Hall–Kier alpha value is -1.01. The number of piperidine rings is 1. The van der Waals surface area contributed by atoms with Crippen LogP contribution in [0.4, 0.5) is 0 Å². The average molecular weight is 208 g/mol. The molecule has 2 N–H and O–H groups in total. The number of terminal acetylenes is 1. The van der Waals surface area contributed by atoms with Crippen molar-refractivity contribution >= 4 is 5.91 Å². The summed E-state index contributed by atoms with van der Waals surface area (Å²) in [4.78, 5) is 11.7. The molecule has 0 aromatic carbocycles. The summed E-state index contributed by atoms with van der Waals surface area (Å²) in [5.41, 5.74) is 0. The summed E-state index contributed by atoms with van der Waals surface area (Å²) in [5, 5.41) is 6.15. The first-order valence-corrected chi connectivity index (χ1v) is 5.68. The third kappa shape index (κ3) is 4.35. The Labute approximate surface area is 92.0 Å². The number of rotatable bonds is 4. The van der Waals surface area contributed by atoms with Gasteiger partial charge in [0.1, 0.15) is 0 Å². The summed E-state index contributed by atoms with van der Waals surface area (Å²) in [6.07, 6.45) is 8.84. The summed E-state index contributed by atoms with van der Waals surface area (Å²) in [5.74, 6) is 3.33. The minimum absolute atomic E-state index is 0.000384. The minimum atomic E-state index is -0.000384. The molecule has 1 aliphatic heterocycles. The van der Waals surface area contributed by atoms with Crippen LogP contribution in [-0.2, 0) is 4.79 Å². The van der Waals surface area contributed by atoms with E-state index in [4.69, 9.17) is 6.42 Å². The van der Waals surface area contributed by atoms with E-state index in [-0.39, 0.29) is 11.9 Å². The van der Waals surface area contributed by atoms with Crippen molar-refractivity contribution in [3.63, 3.8) is 0 Å². The van der Waals surface area contributed by atoms with Crippen molar-refractivity contribution in [1.82, 2.24) is 10.6 Å². The quantitative estimate of drug-likeness (QED) is 0.532. The largest absolute Gasteiger partial charge is 0.355 e. The maximum atomic E-state index is 11.7. The second-order valence-corrected chi connectivity index (χ2v) is 4.23. The van der Waals surface area contributed by atoms with Crippen molar-refractivity contribution in [3.05, 3.63) is 0 Å². The van der Waals surface area contributed by atoms with Gasteiger partial charge in [0.05, 0.1) is 6.04 Å². The summed E-state index contributed by atoms with van der Waals surface area (Å²) in [7, 11) is 0. The van der Waals surface area contributed by atoms with E-state index in [1.807, 2.05) is 0 Å². The third-order valence-electron chi connectivity index (χ3n) is 2.78. The smallest absolute Gasteiger partial charge is 0.237 e. The maximum Gasteiger partial charge on any atom is 0.237 e. The van der Waals surface area contributed by atoms with E-state index in [0.29, 0.717) is 12.5 Å². The number of unbranched alkanes of at least 4 members (excludes halogenated alkanes) is 1. The summed E-state index contributed by atoms with van der Waals surface area (Å²) in [6.45, 7) is 3.83. The van der Waals surface area contributed by atoms with Gasteiger partial charge < -0.3 is 10.6 Å². The molecule has 0 spiro atoms. The lowest BCUT2D eigenvalue weighted by molar-refractivity contribution is -0.124. The van der Waals surface area contributed by atoms with E-state index in [9.17, 15) is 4.79 Å². The molecule has 2 atom stereocenters. The molecule has 1 saturated heterocycles. The molecule has 1 aliphatic rings. The highest BCUT2D eigenvalue weighted by atomic mass is 16.2. The van der Waals surface area contributed by atoms with Crippen LogP contribution in [0.3, 0.4) is 0 Å². The molecule has 0 bridgehead atoms. The van der Waals surface area contributed by atoms with E-state index in [1.54, 1.807) is 0 Å². The monoisotopic (exact) mass is 208 g/mol. The number of nitrogens with one attached hydrogen (secondary N) is 2. The van der Waals surface area contributed by atoms with E-state index < -0.39 is 0 Å². The van der Waals surface area contributed by atoms with Crippen LogP contribution in [0.5, 0.6) is 0 Å². The van der Waals surface area contributed by atoms with Crippen molar-refractivity contribution in [1.29, 1.82) is 0 Å². The van der Waals surface area contributed by atoms with Gasteiger partial charge >= 0.3 is 0 Å². The summed E-state index contributed by atoms with van der Waals surface area (Å²) < 4.78 is 0. The molecule has 3 heteroatoms. The van der Waals surface area contributed by atoms with Crippen molar-refractivity contribution in [2.75, 3.05) is 13.1 Å². The Kier molecular flexibility index (Phi) is 5.20. The van der Waals surface area contributed by atoms with Gasteiger partial charge in [0.2, 0.25) is 5.91 Å². The summed E-state index contributed by atoms with van der Waals surface area (Å²) in [6, 6.07) is -0.000384.